The quantitative estimate of drug-likeness (QED) is 0.431. The van der Waals surface area contributed by atoms with Crippen LogP contribution in [0.2, 0.25) is 0 Å². The molecule has 3 heterocycles. The highest BCUT2D eigenvalue weighted by molar-refractivity contribution is 7.99. The van der Waals surface area contributed by atoms with Crippen molar-refractivity contribution in [3.8, 4) is 0 Å². The van der Waals surface area contributed by atoms with E-state index in [1.807, 2.05) is 12.1 Å². The third-order valence-electron chi connectivity index (χ3n) is 6.62. The molecule has 0 aliphatic carbocycles. The number of likely N-dealkylation sites (tertiary alicyclic amines) is 1. The molecule has 0 radical (unpaired) electrons. The average Bonchev–Trinajstić information content (AvgIpc) is 3.51. The molecule has 7 heteroatoms. The summed E-state index contributed by atoms with van der Waals surface area (Å²) in [5, 5.41) is 10.3. The van der Waals surface area contributed by atoms with Crippen molar-refractivity contribution in [3.63, 3.8) is 0 Å². The number of hydrogen-bond acceptors (Lipinski definition) is 5. The zero-order valence-electron chi connectivity index (χ0n) is 18.9. The van der Waals surface area contributed by atoms with Gasteiger partial charge in [0.25, 0.3) is 0 Å². The van der Waals surface area contributed by atoms with Gasteiger partial charge in [-0.25, -0.2) is 4.39 Å². The first-order valence-corrected chi connectivity index (χ1v) is 12.9. The van der Waals surface area contributed by atoms with Crippen LogP contribution in [0.1, 0.15) is 48.6 Å². The predicted octanol–water partition coefficient (Wildman–Crippen LogP) is 5.12. The van der Waals surface area contributed by atoms with Gasteiger partial charge in [0.2, 0.25) is 0 Å². The van der Waals surface area contributed by atoms with Crippen molar-refractivity contribution in [1.29, 1.82) is 0 Å². The molecule has 0 unspecified atom stereocenters. The van der Waals surface area contributed by atoms with E-state index >= 15 is 0 Å². The van der Waals surface area contributed by atoms with Gasteiger partial charge >= 0.3 is 0 Å². The van der Waals surface area contributed by atoms with Crippen molar-refractivity contribution in [2.45, 2.75) is 56.0 Å². The summed E-state index contributed by atoms with van der Waals surface area (Å²) < 4.78 is 21.4. The molecule has 2 saturated heterocycles. The minimum atomic E-state index is -0.177. The smallest absolute Gasteiger partial charge is 0.191 e. The summed E-state index contributed by atoms with van der Waals surface area (Å²) in [5.74, 6) is 2.27. The van der Waals surface area contributed by atoms with Crippen LogP contribution < -0.4 is 0 Å². The average molecular weight is 467 g/mol. The Kier molecular flexibility index (Phi) is 7.39. The van der Waals surface area contributed by atoms with E-state index in [-0.39, 0.29) is 5.82 Å². The van der Waals surface area contributed by atoms with Crippen LogP contribution in [0.4, 0.5) is 4.39 Å². The number of benzene rings is 2. The molecule has 2 fully saturated rings. The number of piperidine rings is 1. The van der Waals surface area contributed by atoms with Crippen LogP contribution in [-0.2, 0) is 17.8 Å². The molecule has 2 aromatic carbocycles. The zero-order valence-corrected chi connectivity index (χ0v) is 19.7. The Labute approximate surface area is 199 Å². The third kappa shape index (κ3) is 5.83. The van der Waals surface area contributed by atoms with E-state index in [0.29, 0.717) is 12.0 Å². The number of hydrogen-bond donors (Lipinski definition) is 0. The van der Waals surface area contributed by atoms with Crippen LogP contribution in [0.3, 0.4) is 0 Å². The topological polar surface area (TPSA) is 43.2 Å². The molecule has 5 rings (SSSR count). The minimum absolute atomic E-state index is 0.177. The summed E-state index contributed by atoms with van der Waals surface area (Å²) in [4.78, 5) is 2.45. The SMILES string of the molecule is Fc1ccc(CN2CCC(c3nnc(SC[C@@H]4CCCO4)n3Cc3ccccc3)CC2)cc1. The van der Waals surface area contributed by atoms with E-state index in [0.717, 1.165) is 80.8 Å². The molecule has 0 amide bonds. The highest BCUT2D eigenvalue weighted by Crippen LogP contribution is 2.31. The fraction of sp³-hybridized carbons (Fsp3) is 0.462. The molecule has 174 valence electrons. The third-order valence-corrected chi connectivity index (χ3v) is 7.72. The first-order valence-electron chi connectivity index (χ1n) is 11.9. The largest absolute Gasteiger partial charge is 0.377 e. The van der Waals surface area contributed by atoms with Gasteiger partial charge in [-0.05, 0) is 62.0 Å². The summed E-state index contributed by atoms with van der Waals surface area (Å²) in [6.45, 7) is 4.57. The minimum Gasteiger partial charge on any atom is -0.377 e. The van der Waals surface area contributed by atoms with Crippen molar-refractivity contribution in [3.05, 3.63) is 77.4 Å². The van der Waals surface area contributed by atoms with Gasteiger partial charge in [-0.3, -0.25) is 4.90 Å². The van der Waals surface area contributed by atoms with Crippen molar-refractivity contribution in [1.82, 2.24) is 19.7 Å². The second-order valence-electron chi connectivity index (χ2n) is 9.04. The Bertz CT molecular complexity index is 1010. The van der Waals surface area contributed by atoms with E-state index in [4.69, 9.17) is 9.84 Å². The standard InChI is InChI=1S/C26H31FN4OS/c27-23-10-8-21(9-11-23)17-30-14-12-22(13-15-30)25-28-29-26(33-19-24-7-4-16-32-24)31(25)18-20-5-2-1-3-6-20/h1-3,5-6,8-11,22,24H,4,7,12-19H2/t24-/m0/s1. The van der Waals surface area contributed by atoms with Crippen LogP contribution >= 0.6 is 11.8 Å². The molecule has 2 aliphatic heterocycles. The van der Waals surface area contributed by atoms with Crippen LogP contribution in [0.25, 0.3) is 0 Å². The van der Waals surface area contributed by atoms with Crippen LogP contribution in [0, 0.1) is 5.82 Å². The summed E-state index contributed by atoms with van der Waals surface area (Å²) in [6.07, 6.45) is 4.74. The Balaban J connectivity index is 1.27. The van der Waals surface area contributed by atoms with Gasteiger partial charge in [-0.2, -0.15) is 0 Å². The molecule has 2 aliphatic rings. The number of ether oxygens (including phenoxy) is 1. The van der Waals surface area contributed by atoms with Crippen molar-refractivity contribution < 1.29 is 9.13 Å². The van der Waals surface area contributed by atoms with Gasteiger partial charge in [0.15, 0.2) is 5.16 Å². The summed E-state index contributed by atoms with van der Waals surface area (Å²) in [7, 11) is 0. The fourth-order valence-electron chi connectivity index (χ4n) is 4.76. The molecule has 0 saturated carbocycles. The monoisotopic (exact) mass is 466 g/mol. The van der Waals surface area contributed by atoms with Gasteiger partial charge in [0, 0.05) is 24.8 Å². The lowest BCUT2D eigenvalue weighted by Crippen LogP contribution is -2.33. The number of aromatic nitrogens is 3. The maximum Gasteiger partial charge on any atom is 0.191 e. The Morgan fingerprint density at radius 2 is 1.67 bits per heavy atom. The van der Waals surface area contributed by atoms with Crippen LogP contribution in [-0.4, -0.2) is 51.2 Å². The normalized spacial score (nSPS) is 19.8. The number of thioether (sulfide) groups is 1. The Hall–Kier alpha value is -2.22. The number of halogens is 1. The highest BCUT2D eigenvalue weighted by Gasteiger charge is 2.27. The number of nitrogens with zero attached hydrogens (tertiary/aromatic N) is 4. The first-order chi connectivity index (χ1) is 16.2. The van der Waals surface area contributed by atoms with Crippen molar-refractivity contribution in [2.24, 2.45) is 0 Å². The Morgan fingerprint density at radius 1 is 0.909 bits per heavy atom. The van der Waals surface area contributed by atoms with Crippen molar-refractivity contribution >= 4 is 11.8 Å². The van der Waals surface area contributed by atoms with E-state index in [2.05, 4.69) is 44.9 Å². The fourth-order valence-corrected chi connectivity index (χ4v) is 5.77. The van der Waals surface area contributed by atoms with Crippen LogP contribution in [0.5, 0.6) is 0 Å². The summed E-state index contributed by atoms with van der Waals surface area (Å²) in [6, 6.07) is 17.4. The second-order valence-corrected chi connectivity index (χ2v) is 10.0. The molecule has 5 nitrogen and oxygen atoms in total. The van der Waals surface area contributed by atoms with E-state index in [1.165, 1.54) is 5.56 Å². The Morgan fingerprint density at radius 3 is 2.39 bits per heavy atom. The van der Waals surface area contributed by atoms with Gasteiger partial charge in [-0.1, -0.05) is 54.2 Å². The zero-order chi connectivity index (χ0) is 22.5. The molecule has 1 atom stereocenters. The van der Waals surface area contributed by atoms with Gasteiger partial charge < -0.3 is 9.30 Å². The molecular formula is C26H31FN4OS. The van der Waals surface area contributed by atoms with Gasteiger partial charge in [0.1, 0.15) is 11.6 Å². The second kappa shape index (κ2) is 10.8. The lowest BCUT2D eigenvalue weighted by Gasteiger charge is -2.31. The first kappa shape index (κ1) is 22.6. The molecule has 3 aromatic rings. The maximum atomic E-state index is 13.2. The van der Waals surface area contributed by atoms with E-state index in [1.54, 1.807) is 23.9 Å². The molecule has 0 spiro atoms. The molecular weight excluding hydrogens is 435 g/mol. The molecule has 33 heavy (non-hydrogen) atoms. The van der Waals surface area contributed by atoms with E-state index in [9.17, 15) is 4.39 Å². The number of rotatable bonds is 8. The van der Waals surface area contributed by atoms with Crippen molar-refractivity contribution in [2.75, 3.05) is 25.4 Å². The maximum absolute atomic E-state index is 13.2. The molecule has 0 N–H and O–H groups in total. The predicted molar refractivity (Wildman–Crippen MR) is 129 cm³/mol. The van der Waals surface area contributed by atoms with E-state index < -0.39 is 0 Å². The molecule has 0 bridgehead atoms. The summed E-state index contributed by atoms with van der Waals surface area (Å²) >= 11 is 1.78. The highest BCUT2D eigenvalue weighted by atomic mass is 32.2. The lowest BCUT2D eigenvalue weighted by atomic mass is 9.95. The van der Waals surface area contributed by atoms with Gasteiger partial charge in [0.05, 0.1) is 12.6 Å². The van der Waals surface area contributed by atoms with Crippen LogP contribution in [0.15, 0.2) is 59.8 Å². The lowest BCUT2D eigenvalue weighted by molar-refractivity contribution is 0.129. The van der Waals surface area contributed by atoms with Gasteiger partial charge in [-0.15, -0.1) is 10.2 Å². The molecule has 1 aromatic heterocycles. The summed E-state index contributed by atoms with van der Waals surface area (Å²) in [5.41, 5.74) is 2.43.